The van der Waals surface area contributed by atoms with Crippen LogP contribution >= 0.6 is 34.8 Å². The highest BCUT2D eigenvalue weighted by atomic mass is 35.5. The van der Waals surface area contributed by atoms with Gasteiger partial charge in [-0.15, -0.1) is 0 Å². The van der Waals surface area contributed by atoms with Gasteiger partial charge in [-0.3, -0.25) is 4.79 Å². The number of nitrogens with zero attached hydrogens (tertiary/aromatic N) is 4. The normalized spacial score (nSPS) is 10.8. The lowest BCUT2D eigenvalue weighted by Gasteiger charge is -2.09. The Bertz CT molecular complexity index is 693. The van der Waals surface area contributed by atoms with Gasteiger partial charge in [-0.05, 0) is 0 Å². The van der Waals surface area contributed by atoms with Gasteiger partial charge in [0.05, 0.1) is 11.2 Å². The van der Waals surface area contributed by atoms with Crippen molar-refractivity contribution in [1.29, 1.82) is 0 Å². The van der Waals surface area contributed by atoms with E-state index in [2.05, 4.69) is 25.3 Å². The molecule has 0 atom stereocenters. The molecule has 0 aliphatic rings. The van der Waals surface area contributed by atoms with Crippen molar-refractivity contribution in [2.75, 3.05) is 5.32 Å². The molecule has 21 heavy (non-hydrogen) atoms. The molecule has 110 valence electrons. The molecule has 2 aromatic rings. The van der Waals surface area contributed by atoms with Crippen LogP contribution in [0.3, 0.4) is 0 Å². The molecule has 0 aromatic carbocycles. The lowest BCUT2D eigenvalue weighted by atomic mass is 10.2. The molecular weight excluding hydrogens is 337 g/mol. The molecule has 0 unspecified atom stereocenters. The molecule has 0 spiro atoms. The molecule has 1 N–H and O–H groups in total. The van der Waals surface area contributed by atoms with Crippen LogP contribution in [0.5, 0.6) is 0 Å². The summed E-state index contributed by atoms with van der Waals surface area (Å²) in [6.07, 6.45) is 2.57. The van der Waals surface area contributed by atoms with E-state index in [4.69, 9.17) is 34.8 Å². The van der Waals surface area contributed by atoms with Crippen molar-refractivity contribution in [3.8, 4) is 0 Å². The van der Waals surface area contributed by atoms with Crippen LogP contribution < -0.4 is 5.32 Å². The Hall–Kier alpha value is -1.50. The van der Waals surface area contributed by atoms with Crippen LogP contribution in [0, 0.1) is 0 Å². The number of hydrogen-bond acceptors (Lipinski definition) is 5. The van der Waals surface area contributed by atoms with Crippen molar-refractivity contribution in [2.45, 2.75) is 19.8 Å². The lowest BCUT2D eigenvalue weighted by Crippen LogP contribution is -2.17. The quantitative estimate of drug-likeness (QED) is 0.859. The SMILES string of the molecule is CC(C)c1ncc(Cl)c(C(=O)Nc2ncnc(Cl)c2Cl)n1. The Labute approximate surface area is 135 Å². The zero-order chi connectivity index (χ0) is 15.6. The second-order valence-electron chi connectivity index (χ2n) is 4.36. The second-order valence-corrected chi connectivity index (χ2v) is 5.50. The van der Waals surface area contributed by atoms with E-state index in [0.29, 0.717) is 5.82 Å². The van der Waals surface area contributed by atoms with E-state index in [-0.39, 0.29) is 32.6 Å². The number of aromatic nitrogens is 4. The van der Waals surface area contributed by atoms with Crippen LogP contribution in [-0.2, 0) is 0 Å². The summed E-state index contributed by atoms with van der Waals surface area (Å²) in [7, 11) is 0. The van der Waals surface area contributed by atoms with Crippen molar-refractivity contribution in [1.82, 2.24) is 19.9 Å². The van der Waals surface area contributed by atoms with Crippen molar-refractivity contribution >= 4 is 46.5 Å². The van der Waals surface area contributed by atoms with Gasteiger partial charge in [0.15, 0.2) is 16.7 Å². The minimum absolute atomic E-state index is 0.0404. The zero-order valence-corrected chi connectivity index (χ0v) is 13.3. The third-order valence-electron chi connectivity index (χ3n) is 2.47. The number of carbonyl (C=O) groups is 1. The van der Waals surface area contributed by atoms with Gasteiger partial charge in [0.25, 0.3) is 5.91 Å². The second kappa shape index (κ2) is 6.51. The molecule has 0 bridgehead atoms. The molecule has 0 saturated heterocycles. The fourth-order valence-corrected chi connectivity index (χ4v) is 1.88. The van der Waals surface area contributed by atoms with Gasteiger partial charge in [-0.1, -0.05) is 48.7 Å². The number of halogens is 3. The third kappa shape index (κ3) is 3.58. The topological polar surface area (TPSA) is 80.7 Å². The maximum absolute atomic E-state index is 12.2. The van der Waals surface area contributed by atoms with Crippen LogP contribution in [-0.4, -0.2) is 25.8 Å². The molecule has 6 nitrogen and oxygen atoms in total. The van der Waals surface area contributed by atoms with Crippen molar-refractivity contribution < 1.29 is 4.79 Å². The van der Waals surface area contributed by atoms with E-state index < -0.39 is 5.91 Å². The molecule has 2 aromatic heterocycles. The van der Waals surface area contributed by atoms with E-state index in [1.165, 1.54) is 12.5 Å². The Balaban J connectivity index is 2.32. The van der Waals surface area contributed by atoms with Gasteiger partial charge in [0.2, 0.25) is 0 Å². The van der Waals surface area contributed by atoms with Gasteiger partial charge in [-0.2, -0.15) is 0 Å². The molecule has 1 amide bonds. The first-order valence-corrected chi connectivity index (χ1v) is 7.03. The van der Waals surface area contributed by atoms with E-state index in [1.54, 1.807) is 0 Å². The zero-order valence-electron chi connectivity index (χ0n) is 11.1. The fourth-order valence-electron chi connectivity index (χ4n) is 1.42. The van der Waals surface area contributed by atoms with E-state index >= 15 is 0 Å². The van der Waals surface area contributed by atoms with Crippen LogP contribution in [0.25, 0.3) is 0 Å². The summed E-state index contributed by atoms with van der Waals surface area (Å²) in [4.78, 5) is 28.0. The number of anilines is 1. The van der Waals surface area contributed by atoms with Crippen LogP contribution in [0.1, 0.15) is 36.1 Å². The minimum atomic E-state index is -0.555. The van der Waals surface area contributed by atoms with Gasteiger partial charge >= 0.3 is 0 Å². The highest BCUT2D eigenvalue weighted by Gasteiger charge is 2.18. The molecule has 9 heteroatoms. The molecule has 0 radical (unpaired) electrons. The molecular formula is C12H10Cl3N5O. The summed E-state index contributed by atoms with van der Waals surface area (Å²) in [5.74, 6) is 0.102. The maximum Gasteiger partial charge on any atom is 0.277 e. The Morgan fingerprint density at radius 2 is 1.90 bits per heavy atom. The number of amides is 1. The minimum Gasteiger partial charge on any atom is -0.304 e. The fraction of sp³-hybridized carbons (Fsp3) is 0.250. The summed E-state index contributed by atoms with van der Waals surface area (Å²) in [6.45, 7) is 3.82. The number of hydrogen-bond donors (Lipinski definition) is 1. The summed E-state index contributed by atoms with van der Waals surface area (Å²) >= 11 is 17.6. The number of rotatable bonds is 3. The van der Waals surface area contributed by atoms with Gasteiger partial charge in [0.1, 0.15) is 17.2 Å². The first-order chi connectivity index (χ1) is 9.90. The van der Waals surface area contributed by atoms with Gasteiger partial charge in [-0.25, -0.2) is 19.9 Å². The van der Waals surface area contributed by atoms with E-state index in [0.717, 1.165) is 0 Å². The monoisotopic (exact) mass is 345 g/mol. The van der Waals surface area contributed by atoms with Crippen LogP contribution in [0.4, 0.5) is 5.82 Å². The Morgan fingerprint density at radius 1 is 1.19 bits per heavy atom. The first-order valence-electron chi connectivity index (χ1n) is 5.90. The molecule has 2 rings (SSSR count). The smallest absolute Gasteiger partial charge is 0.277 e. The van der Waals surface area contributed by atoms with Crippen molar-refractivity contribution in [2.24, 2.45) is 0 Å². The third-order valence-corrected chi connectivity index (χ3v) is 3.49. The first kappa shape index (κ1) is 15.9. The molecule has 2 heterocycles. The average Bonchev–Trinajstić information content (AvgIpc) is 2.44. The number of carbonyl (C=O) groups excluding carboxylic acids is 1. The predicted octanol–water partition coefficient (Wildman–Crippen LogP) is 3.60. The lowest BCUT2D eigenvalue weighted by molar-refractivity contribution is 0.102. The van der Waals surface area contributed by atoms with Gasteiger partial charge < -0.3 is 5.32 Å². The van der Waals surface area contributed by atoms with E-state index in [9.17, 15) is 4.79 Å². The van der Waals surface area contributed by atoms with Crippen molar-refractivity contribution in [3.63, 3.8) is 0 Å². The van der Waals surface area contributed by atoms with Crippen molar-refractivity contribution in [3.05, 3.63) is 39.2 Å². The Morgan fingerprint density at radius 3 is 2.57 bits per heavy atom. The molecule has 0 saturated carbocycles. The largest absolute Gasteiger partial charge is 0.304 e. The van der Waals surface area contributed by atoms with E-state index in [1.807, 2.05) is 13.8 Å². The molecule has 0 aliphatic carbocycles. The summed E-state index contributed by atoms with van der Waals surface area (Å²) in [6, 6.07) is 0. The van der Waals surface area contributed by atoms with Crippen LogP contribution in [0.15, 0.2) is 12.5 Å². The predicted molar refractivity (Wildman–Crippen MR) is 81.1 cm³/mol. The molecule has 0 fully saturated rings. The maximum atomic E-state index is 12.2. The van der Waals surface area contributed by atoms with Gasteiger partial charge in [0, 0.05) is 5.92 Å². The average molecular weight is 347 g/mol. The Kier molecular flexibility index (Phi) is 4.92. The standard InChI is InChI=1S/C12H10Cl3N5O/c1-5(2)10-16-3-6(13)8(19-10)12(21)20-11-7(14)9(15)17-4-18-11/h3-5H,1-2H3,(H,17,18,20,21). The molecule has 0 aliphatic heterocycles. The summed E-state index contributed by atoms with van der Waals surface area (Å²) in [5, 5.41) is 2.71. The van der Waals surface area contributed by atoms with Crippen LogP contribution in [0.2, 0.25) is 15.2 Å². The highest BCUT2D eigenvalue weighted by Crippen LogP contribution is 2.26. The number of nitrogens with one attached hydrogen (secondary N) is 1. The summed E-state index contributed by atoms with van der Waals surface area (Å²) in [5.41, 5.74) is 0.0427. The summed E-state index contributed by atoms with van der Waals surface area (Å²) < 4.78 is 0. The highest BCUT2D eigenvalue weighted by molar-refractivity contribution is 6.43.